The van der Waals surface area contributed by atoms with Crippen LogP contribution in [-0.2, 0) is 0 Å². The van der Waals surface area contributed by atoms with E-state index in [1.165, 1.54) is 9.79 Å². The highest BCUT2D eigenvalue weighted by Gasteiger charge is 2.11. The second kappa shape index (κ2) is 4.43. The second-order valence-electron chi connectivity index (χ2n) is 3.89. The Labute approximate surface area is 89.5 Å². The Bertz CT molecular complexity index is 274. The predicted molar refractivity (Wildman–Crippen MR) is 63.8 cm³/mol. The average Bonchev–Trinajstić information content (AvgIpc) is 2.01. The molecule has 0 aliphatic heterocycles. The zero-order valence-corrected chi connectivity index (χ0v) is 10.3. The van der Waals surface area contributed by atoms with Crippen LogP contribution in [0.1, 0.15) is 20.8 Å². The normalized spacial score (nSPS) is 11.7. The zero-order valence-electron chi connectivity index (χ0n) is 8.63. The van der Waals surface area contributed by atoms with Crippen molar-refractivity contribution in [3.05, 3.63) is 24.3 Å². The predicted octanol–water partition coefficient (Wildman–Crippen LogP) is 4.30. The Balaban J connectivity index is 2.78. The van der Waals surface area contributed by atoms with Crippen molar-refractivity contribution in [2.24, 2.45) is 0 Å². The van der Waals surface area contributed by atoms with Crippen LogP contribution in [0.15, 0.2) is 34.1 Å². The third-order valence-corrected chi connectivity index (χ3v) is 3.29. The molecule has 0 nitrogen and oxygen atoms in total. The highest BCUT2D eigenvalue weighted by molar-refractivity contribution is 8.00. The molecule has 0 spiro atoms. The molecule has 2 heteroatoms. The molecule has 0 saturated heterocycles. The van der Waals surface area contributed by atoms with Gasteiger partial charge in [-0.1, -0.05) is 26.8 Å². The van der Waals surface area contributed by atoms with Gasteiger partial charge in [0.05, 0.1) is 0 Å². The molecule has 0 amide bonds. The highest BCUT2D eigenvalue weighted by Crippen LogP contribution is 2.33. The lowest BCUT2D eigenvalue weighted by molar-refractivity contribution is 0.802. The van der Waals surface area contributed by atoms with Crippen LogP contribution in [0.2, 0.25) is 0 Å². The molecule has 72 valence electrons. The van der Waals surface area contributed by atoms with Gasteiger partial charge in [0.2, 0.25) is 0 Å². The van der Waals surface area contributed by atoms with E-state index in [4.69, 9.17) is 0 Å². The van der Waals surface area contributed by atoms with Crippen molar-refractivity contribution in [1.29, 1.82) is 0 Å². The van der Waals surface area contributed by atoms with Crippen molar-refractivity contribution >= 4 is 23.5 Å². The fourth-order valence-corrected chi connectivity index (χ4v) is 2.59. The molecule has 0 fully saturated rings. The molecule has 0 heterocycles. The summed E-state index contributed by atoms with van der Waals surface area (Å²) in [5.41, 5.74) is 0. The van der Waals surface area contributed by atoms with Gasteiger partial charge in [-0.25, -0.2) is 0 Å². The minimum atomic E-state index is 0.303. The number of thioether (sulfide) groups is 2. The monoisotopic (exact) mass is 212 g/mol. The molecule has 0 radical (unpaired) electrons. The highest BCUT2D eigenvalue weighted by atomic mass is 32.2. The Hall–Kier alpha value is -0.0800. The molecule has 0 N–H and O–H groups in total. The number of hydrogen-bond acceptors (Lipinski definition) is 2. The molecule has 0 bridgehead atoms. The van der Waals surface area contributed by atoms with Gasteiger partial charge in [-0.15, -0.1) is 23.5 Å². The van der Waals surface area contributed by atoms with Gasteiger partial charge >= 0.3 is 0 Å². The van der Waals surface area contributed by atoms with Crippen LogP contribution >= 0.6 is 23.5 Å². The van der Waals surface area contributed by atoms with Crippen LogP contribution in [0.5, 0.6) is 0 Å². The molecule has 0 atom stereocenters. The minimum absolute atomic E-state index is 0.303. The summed E-state index contributed by atoms with van der Waals surface area (Å²) in [7, 11) is 0. The van der Waals surface area contributed by atoms with E-state index in [-0.39, 0.29) is 0 Å². The summed E-state index contributed by atoms with van der Waals surface area (Å²) in [6.45, 7) is 6.72. The first-order valence-electron chi connectivity index (χ1n) is 4.34. The van der Waals surface area contributed by atoms with Gasteiger partial charge < -0.3 is 0 Å². The smallest absolute Gasteiger partial charge is 0.0122 e. The number of benzene rings is 1. The molecule has 13 heavy (non-hydrogen) atoms. The van der Waals surface area contributed by atoms with Crippen molar-refractivity contribution in [3.63, 3.8) is 0 Å². The van der Waals surface area contributed by atoms with Gasteiger partial charge in [-0.2, -0.15) is 0 Å². The second-order valence-corrected chi connectivity index (χ2v) is 6.67. The molecule has 0 unspecified atom stereocenters. The fraction of sp³-hybridized carbons (Fsp3) is 0.455. The summed E-state index contributed by atoms with van der Waals surface area (Å²) in [5, 5.41) is 0. The van der Waals surface area contributed by atoms with Gasteiger partial charge in [0.1, 0.15) is 0 Å². The van der Waals surface area contributed by atoms with Crippen LogP contribution in [-0.4, -0.2) is 11.0 Å². The van der Waals surface area contributed by atoms with E-state index >= 15 is 0 Å². The lowest BCUT2D eigenvalue weighted by Crippen LogP contribution is -2.06. The summed E-state index contributed by atoms with van der Waals surface area (Å²) in [6.07, 6.45) is 2.11. The zero-order chi connectivity index (χ0) is 9.90. The van der Waals surface area contributed by atoms with Crippen LogP contribution in [0, 0.1) is 0 Å². The van der Waals surface area contributed by atoms with Crippen LogP contribution in [0.25, 0.3) is 0 Å². The quantitative estimate of drug-likeness (QED) is 0.670. The van der Waals surface area contributed by atoms with Crippen molar-refractivity contribution in [2.75, 3.05) is 6.26 Å². The van der Waals surface area contributed by atoms with E-state index < -0.39 is 0 Å². The molecule has 0 aliphatic rings. The van der Waals surface area contributed by atoms with Gasteiger partial charge in [0.15, 0.2) is 0 Å². The average molecular weight is 212 g/mol. The van der Waals surface area contributed by atoms with Crippen molar-refractivity contribution in [3.8, 4) is 0 Å². The summed E-state index contributed by atoms with van der Waals surface area (Å²) in [5.74, 6) is 0. The molecular formula is C11H16S2. The van der Waals surface area contributed by atoms with Crippen molar-refractivity contribution in [2.45, 2.75) is 35.3 Å². The summed E-state index contributed by atoms with van der Waals surface area (Å²) >= 11 is 3.71. The summed E-state index contributed by atoms with van der Waals surface area (Å²) < 4.78 is 0.303. The lowest BCUT2D eigenvalue weighted by atomic mass is 10.3. The summed E-state index contributed by atoms with van der Waals surface area (Å²) in [6, 6.07) is 8.70. The van der Waals surface area contributed by atoms with Gasteiger partial charge in [-0.3, -0.25) is 0 Å². The largest absolute Gasteiger partial charge is 0.130 e. The molecule has 1 aromatic carbocycles. The van der Waals surface area contributed by atoms with E-state index in [0.29, 0.717) is 4.75 Å². The van der Waals surface area contributed by atoms with E-state index in [1.54, 1.807) is 11.8 Å². The molecule has 1 rings (SSSR count). The number of rotatable bonds is 2. The Kier molecular flexibility index (Phi) is 3.74. The van der Waals surface area contributed by atoms with Gasteiger partial charge in [-0.05, 0) is 24.5 Å². The first-order valence-corrected chi connectivity index (χ1v) is 6.38. The molecule has 0 aromatic heterocycles. The van der Waals surface area contributed by atoms with E-state index in [2.05, 4.69) is 51.3 Å². The van der Waals surface area contributed by atoms with Crippen LogP contribution in [0.3, 0.4) is 0 Å². The maximum atomic E-state index is 2.25. The fourth-order valence-electron chi connectivity index (χ4n) is 1.02. The maximum Gasteiger partial charge on any atom is 0.0122 e. The SMILES string of the molecule is CSc1cccc(SC(C)(C)C)c1. The minimum Gasteiger partial charge on any atom is -0.130 e. The third-order valence-electron chi connectivity index (χ3n) is 1.47. The van der Waals surface area contributed by atoms with E-state index in [0.717, 1.165) is 0 Å². The summed E-state index contributed by atoms with van der Waals surface area (Å²) in [4.78, 5) is 2.70. The molecule has 0 saturated carbocycles. The van der Waals surface area contributed by atoms with Crippen molar-refractivity contribution < 1.29 is 0 Å². The first kappa shape index (κ1) is 11.0. The number of hydrogen-bond donors (Lipinski definition) is 0. The Morgan fingerprint density at radius 1 is 1.08 bits per heavy atom. The first-order chi connectivity index (χ1) is 6.01. The van der Waals surface area contributed by atoms with Crippen LogP contribution in [0.4, 0.5) is 0 Å². The van der Waals surface area contributed by atoms with Gasteiger partial charge in [0.25, 0.3) is 0 Å². The maximum absolute atomic E-state index is 2.25. The van der Waals surface area contributed by atoms with E-state index in [9.17, 15) is 0 Å². The topological polar surface area (TPSA) is 0 Å². The lowest BCUT2D eigenvalue weighted by Gasteiger charge is -2.17. The van der Waals surface area contributed by atoms with Crippen molar-refractivity contribution in [1.82, 2.24) is 0 Å². The van der Waals surface area contributed by atoms with Gasteiger partial charge in [0, 0.05) is 14.5 Å². The standard InChI is InChI=1S/C11H16S2/c1-11(2,3)13-10-7-5-6-9(8-10)12-4/h5-8H,1-4H3. The van der Waals surface area contributed by atoms with Crippen LogP contribution < -0.4 is 0 Å². The molecular weight excluding hydrogens is 196 g/mol. The van der Waals surface area contributed by atoms with E-state index in [1.807, 2.05) is 11.8 Å². The molecule has 1 aromatic rings. The third kappa shape index (κ3) is 4.10. The molecule has 0 aliphatic carbocycles. The Morgan fingerprint density at radius 3 is 2.23 bits per heavy atom. The Morgan fingerprint density at radius 2 is 1.69 bits per heavy atom.